The monoisotopic (exact) mass is 378 g/mol. The predicted octanol–water partition coefficient (Wildman–Crippen LogP) is 5.70. The fraction of sp³-hybridized carbons (Fsp3) is 0.304. The van der Waals surface area contributed by atoms with Crippen molar-refractivity contribution < 1.29 is 4.79 Å². The van der Waals surface area contributed by atoms with Crippen LogP contribution in [0.15, 0.2) is 48.5 Å². The number of fused-ring (bicyclic) bond motifs is 1. The SMILES string of the molecule is Cc1cc(Cl)ccc1-n1nc(C=O)c2c1C(Cc1ccccc1)CCCC2. The summed E-state index contributed by atoms with van der Waals surface area (Å²) in [5, 5.41) is 5.42. The van der Waals surface area contributed by atoms with E-state index in [1.54, 1.807) is 0 Å². The molecule has 0 radical (unpaired) electrons. The maximum Gasteiger partial charge on any atom is 0.170 e. The molecule has 0 saturated carbocycles. The number of aryl methyl sites for hydroxylation is 1. The zero-order valence-corrected chi connectivity index (χ0v) is 16.2. The van der Waals surface area contributed by atoms with Crippen molar-refractivity contribution in [2.75, 3.05) is 0 Å². The van der Waals surface area contributed by atoms with Crippen LogP contribution in [0.2, 0.25) is 5.02 Å². The molecule has 0 saturated heterocycles. The molecule has 138 valence electrons. The van der Waals surface area contributed by atoms with Crippen LogP contribution in [0.1, 0.15) is 58.1 Å². The van der Waals surface area contributed by atoms with Crippen LogP contribution in [0.4, 0.5) is 0 Å². The van der Waals surface area contributed by atoms with Gasteiger partial charge in [0, 0.05) is 16.5 Å². The number of nitrogens with zero attached hydrogens (tertiary/aromatic N) is 2. The van der Waals surface area contributed by atoms with Gasteiger partial charge in [-0.15, -0.1) is 0 Å². The number of aromatic nitrogens is 2. The van der Waals surface area contributed by atoms with Crippen molar-refractivity contribution in [2.45, 2.75) is 44.9 Å². The molecule has 27 heavy (non-hydrogen) atoms. The minimum Gasteiger partial charge on any atom is -0.296 e. The molecule has 1 atom stereocenters. The van der Waals surface area contributed by atoms with Crippen molar-refractivity contribution >= 4 is 17.9 Å². The van der Waals surface area contributed by atoms with Gasteiger partial charge in [0.25, 0.3) is 0 Å². The molecule has 0 amide bonds. The predicted molar refractivity (Wildman–Crippen MR) is 109 cm³/mol. The Morgan fingerprint density at radius 1 is 1.19 bits per heavy atom. The van der Waals surface area contributed by atoms with E-state index in [1.165, 1.54) is 17.7 Å². The number of aldehydes is 1. The zero-order chi connectivity index (χ0) is 18.8. The summed E-state index contributed by atoms with van der Waals surface area (Å²) in [5.41, 5.74) is 6.29. The molecule has 1 heterocycles. The molecule has 1 unspecified atom stereocenters. The maximum atomic E-state index is 11.7. The third kappa shape index (κ3) is 3.57. The lowest BCUT2D eigenvalue weighted by Crippen LogP contribution is -2.12. The first-order chi connectivity index (χ1) is 13.2. The van der Waals surface area contributed by atoms with Crippen LogP contribution in [-0.4, -0.2) is 16.1 Å². The Kier molecular flexibility index (Phi) is 5.13. The van der Waals surface area contributed by atoms with Crippen LogP contribution in [-0.2, 0) is 12.8 Å². The molecular weight excluding hydrogens is 356 g/mol. The quantitative estimate of drug-likeness (QED) is 0.431. The van der Waals surface area contributed by atoms with E-state index in [9.17, 15) is 4.79 Å². The largest absolute Gasteiger partial charge is 0.296 e. The van der Waals surface area contributed by atoms with Gasteiger partial charge in [0.15, 0.2) is 6.29 Å². The van der Waals surface area contributed by atoms with Crippen molar-refractivity contribution in [3.05, 3.63) is 81.6 Å². The molecule has 1 aromatic heterocycles. The molecule has 0 bridgehead atoms. The summed E-state index contributed by atoms with van der Waals surface area (Å²) >= 11 is 6.16. The Morgan fingerprint density at radius 3 is 2.74 bits per heavy atom. The summed E-state index contributed by atoms with van der Waals surface area (Å²) in [5.74, 6) is 0.348. The van der Waals surface area contributed by atoms with Crippen LogP contribution in [0.5, 0.6) is 0 Å². The van der Waals surface area contributed by atoms with Crippen molar-refractivity contribution in [3.8, 4) is 5.69 Å². The number of carbonyl (C=O) groups is 1. The molecule has 4 heteroatoms. The Hall–Kier alpha value is -2.39. The summed E-state index contributed by atoms with van der Waals surface area (Å²) in [6.45, 7) is 2.04. The Balaban J connectivity index is 1.86. The first kappa shape index (κ1) is 18.0. The standard InChI is InChI=1S/C23H23ClN2O/c1-16-13-19(24)11-12-22(16)26-23-18(14-17-7-3-2-4-8-17)9-5-6-10-20(23)21(15-27)25-26/h2-4,7-8,11-13,15,18H,5-6,9-10,14H2,1H3. The fourth-order valence-corrected chi connectivity index (χ4v) is 4.44. The van der Waals surface area contributed by atoms with Crippen LogP contribution in [0.3, 0.4) is 0 Å². The van der Waals surface area contributed by atoms with Crippen LogP contribution in [0, 0.1) is 6.92 Å². The normalized spacial score (nSPS) is 16.6. The van der Waals surface area contributed by atoms with E-state index in [-0.39, 0.29) is 0 Å². The lowest BCUT2D eigenvalue weighted by Gasteiger charge is -2.19. The summed E-state index contributed by atoms with van der Waals surface area (Å²) in [7, 11) is 0. The Labute approximate surface area is 165 Å². The van der Waals surface area contributed by atoms with E-state index >= 15 is 0 Å². The summed E-state index contributed by atoms with van der Waals surface area (Å²) in [6.07, 6.45) is 6.17. The van der Waals surface area contributed by atoms with E-state index in [0.717, 1.165) is 48.8 Å². The van der Waals surface area contributed by atoms with E-state index in [2.05, 4.69) is 24.3 Å². The third-order valence-corrected chi connectivity index (χ3v) is 5.73. The first-order valence-electron chi connectivity index (χ1n) is 9.55. The minimum absolute atomic E-state index is 0.348. The zero-order valence-electron chi connectivity index (χ0n) is 15.5. The molecule has 3 nitrogen and oxygen atoms in total. The van der Waals surface area contributed by atoms with E-state index < -0.39 is 0 Å². The van der Waals surface area contributed by atoms with Crippen LogP contribution < -0.4 is 0 Å². The highest BCUT2D eigenvalue weighted by Crippen LogP contribution is 2.36. The van der Waals surface area contributed by atoms with Crippen molar-refractivity contribution in [2.24, 2.45) is 0 Å². The minimum atomic E-state index is 0.348. The van der Waals surface area contributed by atoms with Crippen molar-refractivity contribution in [1.29, 1.82) is 0 Å². The van der Waals surface area contributed by atoms with Gasteiger partial charge in [0.2, 0.25) is 0 Å². The van der Waals surface area contributed by atoms with Gasteiger partial charge in [-0.1, -0.05) is 48.4 Å². The van der Waals surface area contributed by atoms with Crippen molar-refractivity contribution in [3.63, 3.8) is 0 Å². The number of rotatable bonds is 4. The van der Waals surface area contributed by atoms with Gasteiger partial charge in [-0.25, -0.2) is 4.68 Å². The second kappa shape index (κ2) is 7.69. The van der Waals surface area contributed by atoms with E-state index in [4.69, 9.17) is 16.7 Å². The summed E-state index contributed by atoms with van der Waals surface area (Å²) in [6, 6.07) is 16.4. The van der Waals surface area contributed by atoms with Gasteiger partial charge < -0.3 is 0 Å². The molecule has 0 fully saturated rings. The lowest BCUT2D eigenvalue weighted by molar-refractivity contribution is 0.111. The van der Waals surface area contributed by atoms with Gasteiger partial charge in [0.1, 0.15) is 5.69 Å². The maximum absolute atomic E-state index is 11.7. The lowest BCUT2D eigenvalue weighted by atomic mass is 9.91. The number of halogens is 1. The Morgan fingerprint density at radius 2 is 2.00 bits per heavy atom. The smallest absolute Gasteiger partial charge is 0.170 e. The highest BCUT2D eigenvalue weighted by atomic mass is 35.5. The number of hydrogen-bond acceptors (Lipinski definition) is 2. The molecular formula is C23H23ClN2O. The van der Waals surface area contributed by atoms with E-state index in [0.29, 0.717) is 16.6 Å². The number of benzene rings is 2. The summed E-state index contributed by atoms with van der Waals surface area (Å²) < 4.78 is 2.00. The third-order valence-electron chi connectivity index (χ3n) is 5.49. The highest BCUT2D eigenvalue weighted by Gasteiger charge is 2.28. The second-order valence-corrected chi connectivity index (χ2v) is 7.78. The van der Waals surface area contributed by atoms with Crippen LogP contribution in [0.25, 0.3) is 5.69 Å². The van der Waals surface area contributed by atoms with Gasteiger partial charge in [-0.3, -0.25) is 4.79 Å². The molecule has 0 N–H and O–H groups in total. The molecule has 3 aromatic rings. The molecule has 0 aliphatic heterocycles. The van der Waals surface area contributed by atoms with Crippen LogP contribution >= 0.6 is 11.6 Å². The van der Waals surface area contributed by atoms with Gasteiger partial charge >= 0.3 is 0 Å². The first-order valence-corrected chi connectivity index (χ1v) is 9.92. The number of carbonyl (C=O) groups excluding carboxylic acids is 1. The average Bonchev–Trinajstić information content (AvgIpc) is 2.90. The molecule has 1 aliphatic carbocycles. The fourth-order valence-electron chi connectivity index (χ4n) is 4.22. The van der Waals surface area contributed by atoms with Gasteiger partial charge in [-0.2, -0.15) is 5.10 Å². The average molecular weight is 379 g/mol. The summed E-state index contributed by atoms with van der Waals surface area (Å²) in [4.78, 5) is 11.7. The highest BCUT2D eigenvalue weighted by molar-refractivity contribution is 6.30. The van der Waals surface area contributed by atoms with Crippen molar-refractivity contribution in [1.82, 2.24) is 9.78 Å². The topological polar surface area (TPSA) is 34.9 Å². The van der Waals surface area contributed by atoms with Gasteiger partial charge in [0.05, 0.1) is 11.4 Å². The molecule has 2 aromatic carbocycles. The molecule has 0 spiro atoms. The molecule has 1 aliphatic rings. The van der Waals surface area contributed by atoms with Gasteiger partial charge in [-0.05, 0) is 61.9 Å². The Bertz CT molecular complexity index is 962. The number of hydrogen-bond donors (Lipinski definition) is 0. The van der Waals surface area contributed by atoms with E-state index in [1.807, 2.05) is 35.9 Å². The second-order valence-electron chi connectivity index (χ2n) is 7.34. The molecule has 4 rings (SSSR count).